The van der Waals surface area contributed by atoms with Gasteiger partial charge in [0, 0.05) is 56.0 Å². The van der Waals surface area contributed by atoms with Gasteiger partial charge in [0.1, 0.15) is 11.6 Å². The maximum atomic E-state index is 14.1. The second-order valence-corrected chi connectivity index (χ2v) is 9.10. The SMILES string of the molecule is CCCN(Cc1c(C)nn(-c2cccc(F)c2)c1N1CCN(C)CC1)C(=O)c1cccc([N+](=O)[O-])c1. The fourth-order valence-electron chi connectivity index (χ4n) is 4.51. The summed E-state index contributed by atoms with van der Waals surface area (Å²) in [6.07, 6.45) is 0.724. The van der Waals surface area contributed by atoms with E-state index in [0.29, 0.717) is 12.2 Å². The summed E-state index contributed by atoms with van der Waals surface area (Å²) in [6.45, 7) is 7.95. The quantitative estimate of drug-likeness (QED) is 0.347. The summed E-state index contributed by atoms with van der Waals surface area (Å²) in [5.74, 6) is 0.224. The predicted octanol–water partition coefficient (Wildman–Crippen LogP) is 4.03. The minimum absolute atomic E-state index is 0.120. The summed E-state index contributed by atoms with van der Waals surface area (Å²) in [7, 11) is 2.08. The lowest BCUT2D eigenvalue weighted by atomic mass is 10.1. The average molecular weight is 495 g/mol. The number of carbonyl (C=O) groups is 1. The number of halogens is 1. The predicted molar refractivity (Wildman–Crippen MR) is 136 cm³/mol. The molecule has 0 saturated carbocycles. The third kappa shape index (κ3) is 5.38. The van der Waals surface area contributed by atoms with E-state index in [-0.39, 0.29) is 29.5 Å². The highest BCUT2D eigenvalue weighted by Gasteiger charge is 2.28. The van der Waals surface area contributed by atoms with Crippen molar-refractivity contribution < 1.29 is 14.1 Å². The van der Waals surface area contributed by atoms with Gasteiger partial charge in [-0.25, -0.2) is 9.07 Å². The summed E-state index contributed by atoms with van der Waals surface area (Å²) in [6, 6.07) is 12.1. The van der Waals surface area contributed by atoms with E-state index in [2.05, 4.69) is 16.8 Å². The van der Waals surface area contributed by atoms with Crippen molar-refractivity contribution in [2.75, 3.05) is 44.7 Å². The largest absolute Gasteiger partial charge is 0.354 e. The molecule has 0 spiro atoms. The van der Waals surface area contributed by atoms with E-state index >= 15 is 0 Å². The molecule has 3 aromatic rings. The van der Waals surface area contributed by atoms with Gasteiger partial charge in [0.15, 0.2) is 0 Å². The first kappa shape index (κ1) is 25.3. The van der Waals surface area contributed by atoms with Crippen molar-refractivity contribution in [1.82, 2.24) is 19.6 Å². The first-order chi connectivity index (χ1) is 17.3. The fourth-order valence-corrected chi connectivity index (χ4v) is 4.51. The van der Waals surface area contributed by atoms with Crippen LogP contribution in [0.2, 0.25) is 0 Å². The molecule has 4 rings (SSSR count). The number of amides is 1. The number of rotatable bonds is 8. The number of aromatic nitrogens is 2. The molecule has 0 aliphatic carbocycles. The molecule has 0 atom stereocenters. The Labute approximate surface area is 209 Å². The third-order valence-electron chi connectivity index (χ3n) is 6.45. The number of anilines is 1. The van der Waals surface area contributed by atoms with Gasteiger partial charge < -0.3 is 14.7 Å². The molecule has 9 nitrogen and oxygen atoms in total. The van der Waals surface area contributed by atoms with E-state index in [4.69, 9.17) is 5.10 Å². The van der Waals surface area contributed by atoms with Crippen molar-refractivity contribution >= 4 is 17.4 Å². The van der Waals surface area contributed by atoms with Crippen molar-refractivity contribution in [3.05, 3.63) is 81.3 Å². The fraction of sp³-hybridized carbons (Fsp3) is 0.385. The van der Waals surface area contributed by atoms with Crippen LogP contribution in [0.3, 0.4) is 0 Å². The molecule has 0 bridgehead atoms. The minimum Gasteiger partial charge on any atom is -0.354 e. The zero-order chi connectivity index (χ0) is 25.8. The van der Waals surface area contributed by atoms with Crippen LogP contribution < -0.4 is 4.90 Å². The molecule has 1 fully saturated rings. The number of hydrogen-bond acceptors (Lipinski definition) is 6. The molecule has 2 aromatic carbocycles. The third-order valence-corrected chi connectivity index (χ3v) is 6.45. The lowest BCUT2D eigenvalue weighted by Gasteiger charge is -2.35. The molecular weight excluding hydrogens is 463 g/mol. The van der Waals surface area contributed by atoms with Crippen molar-refractivity contribution in [2.24, 2.45) is 0 Å². The van der Waals surface area contributed by atoms with Gasteiger partial charge in [-0.1, -0.05) is 19.1 Å². The van der Waals surface area contributed by atoms with Crippen molar-refractivity contribution in [1.29, 1.82) is 0 Å². The van der Waals surface area contributed by atoms with Crippen molar-refractivity contribution in [3.63, 3.8) is 0 Å². The molecule has 1 saturated heterocycles. The number of nitrogens with zero attached hydrogens (tertiary/aromatic N) is 6. The lowest BCUT2D eigenvalue weighted by Crippen LogP contribution is -2.45. The van der Waals surface area contributed by atoms with E-state index in [1.807, 2.05) is 19.9 Å². The van der Waals surface area contributed by atoms with E-state index in [1.165, 1.54) is 30.3 Å². The molecule has 1 aliphatic heterocycles. The second kappa shape index (κ2) is 10.9. The Bertz CT molecular complexity index is 1250. The Hall–Kier alpha value is -3.79. The number of piperazine rings is 1. The number of benzene rings is 2. The standard InChI is InChI=1S/C26H31FN6O3/c1-4-11-31(26(34)20-7-5-10-23(16-20)33(35)36)18-24-19(2)28-32(22-9-6-8-21(27)17-22)25(24)30-14-12-29(3)13-15-30/h5-10,16-17H,4,11-15,18H2,1-3H3. The molecule has 1 amide bonds. The second-order valence-electron chi connectivity index (χ2n) is 9.10. The minimum atomic E-state index is -0.500. The van der Waals surface area contributed by atoms with Crippen LogP contribution in [0.25, 0.3) is 5.69 Å². The molecule has 0 N–H and O–H groups in total. The van der Waals surface area contributed by atoms with Crippen LogP contribution in [-0.4, -0.2) is 70.2 Å². The van der Waals surface area contributed by atoms with Crippen molar-refractivity contribution in [2.45, 2.75) is 26.8 Å². The highest BCUT2D eigenvalue weighted by atomic mass is 19.1. The smallest absolute Gasteiger partial charge is 0.270 e. The maximum absolute atomic E-state index is 14.1. The highest BCUT2D eigenvalue weighted by Crippen LogP contribution is 2.30. The number of aryl methyl sites for hydroxylation is 1. The molecule has 2 heterocycles. The summed E-state index contributed by atoms with van der Waals surface area (Å²) >= 11 is 0. The van der Waals surface area contributed by atoms with Gasteiger partial charge in [-0.15, -0.1) is 0 Å². The zero-order valence-electron chi connectivity index (χ0n) is 20.9. The number of nitro benzene ring substituents is 1. The Morgan fingerprint density at radius 3 is 2.53 bits per heavy atom. The van der Waals surface area contributed by atoms with Crippen LogP contribution >= 0.6 is 0 Å². The first-order valence-corrected chi connectivity index (χ1v) is 12.1. The van der Waals surface area contributed by atoms with Gasteiger partial charge in [0.25, 0.3) is 11.6 Å². The van der Waals surface area contributed by atoms with E-state index in [9.17, 15) is 19.3 Å². The normalized spacial score (nSPS) is 14.2. The molecule has 36 heavy (non-hydrogen) atoms. The Kier molecular flexibility index (Phi) is 7.64. The molecule has 10 heteroatoms. The van der Waals surface area contributed by atoms with E-state index in [0.717, 1.165) is 49.7 Å². The van der Waals surface area contributed by atoms with Gasteiger partial charge in [-0.05, 0) is 44.7 Å². The van der Waals surface area contributed by atoms with Gasteiger partial charge >= 0.3 is 0 Å². The van der Waals surface area contributed by atoms with Crippen LogP contribution in [-0.2, 0) is 6.54 Å². The monoisotopic (exact) mass is 494 g/mol. The van der Waals surface area contributed by atoms with Gasteiger partial charge in [0.05, 0.1) is 22.8 Å². The van der Waals surface area contributed by atoms with Crippen LogP contribution in [0.15, 0.2) is 48.5 Å². The number of non-ortho nitro benzene ring substituents is 1. The highest BCUT2D eigenvalue weighted by molar-refractivity contribution is 5.95. The summed E-state index contributed by atoms with van der Waals surface area (Å²) in [5.41, 5.74) is 2.40. The number of likely N-dealkylation sites (N-methyl/N-ethyl adjacent to an activating group) is 1. The number of carbonyl (C=O) groups excluding carboxylic acids is 1. The topological polar surface area (TPSA) is 87.8 Å². The van der Waals surface area contributed by atoms with E-state index in [1.54, 1.807) is 21.7 Å². The molecule has 190 valence electrons. The van der Waals surface area contributed by atoms with Crippen LogP contribution in [0, 0.1) is 22.9 Å². The molecule has 1 aliphatic rings. The van der Waals surface area contributed by atoms with Gasteiger partial charge in [0.2, 0.25) is 0 Å². The van der Waals surface area contributed by atoms with E-state index < -0.39 is 4.92 Å². The van der Waals surface area contributed by atoms with Crippen LogP contribution in [0.5, 0.6) is 0 Å². The lowest BCUT2D eigenvalue weighted by molar-refractivity contribution is -0.384. The van der Waals surface area contributed by atoms with Crippen LogP contribution in [0.4, 0.5) is 15.9 Å². The number of nitro groups is 1. The molecule has 1 aromatic heterocycles. The zero-order valence-corrected chi connectivity index (χ0v) is 20.9. The summed E-state index contributed by atoms with van der Waals surface area (Å²) in [5, 5.41) is 16.0. The molecular formula is C26H31FN6O3. The van der Waals surface area contributed by atoms with Crippen molar-refractivity contribution in [3.8, 4) is 5.69 Å². The summed E-state index contributed by atoms with van der Waals surface area (Å²) < 4.78 is 15.9. The Morgan fingerprint density at radius 2 is 1.86 bits per heavy atom. The number of hydrogen-bond donors (Lipinski definition) is 0. The average Bonchev–Trinajstić information content (AvgIpc) is 3.19. The van der Waals surface area contributed by atoms with Gasteiger partial charge in [-0.2, -0.15) is 5.10 Å². The molecule has 0 unspecified atom stereocenters. The Morgan fingerprint density at radius 1 is 1.14 bits per heavy atom. The maximum Gasteiger partial charge on any atom is 0.270 e. The molecule has 0 radical (unpaired) electrons. The summed E-state index contributed by atoms with van der Waals surface area (Å²) in [4.78, 5) is 30.4. The first-order valence-electron chi connectivity index (χ1n) is 12.1. The van der Waals surface area contributed by atoms with Crippen LogP contribution in [0.1, 0.15) is 35.0 Å². The van der Waals surface area contributed by atoms with Gasteiger partial charge in [-0.3, -0.25) is 14.9 Å². The Balaban J connectivity index is 1.75.